The standard InChI is InChI=1S/C54H39BF9N9O6/c1-25-65-46(56)43(49(68-25)74-52(59,60)34-22-31(34)40-19-16-28-10-4-7-13-37(28)71-40)77-55(78-44-47(57)66-26(2)69-50(44)75-53(61,62)35-23-32(35)41-20-17-29-11-5-8-14-38(29)72-41)79-45-48(58)67-27(3)70-51(45)76-54(63,64)36-24-33(36)42-21-18-30-12-6-9-15-39(30)73-42/h4-21,31-36H,22-24H2,1-3H3/t31-,32-,33-,34-,35-,36-/m0/s1. The molecular weight excluding hydrogens is 1050 g/mol. The van der Waals surface area contributed by atoms with Crippen LogP contribution in [0.25, 0.3) is 32.7 Å². The van der Waals surface area contributed by atoms with Gasteiger partial charge in [0.05, 0.1) is 34.3 Å². The van der Waals surface area contributed by atoms with Crippen LogP contribution < -0.4 is 28.2 Å². The van der Waals surface area contributed by atoms with Crippen molar-refractivity contribution in [1.29, 1.82) is 0 Å². The lowest BCUT2D eigenvalue weighted by molar-refractivity contribution is -0.196. The first-order chi connectivity index (χ1) is 37.8. The van der Waals surface area contributed by atoms with Crippen molar-refractivity contribution in [3.63, 3.8) is 0 Å². The van der Waals surface area contributed by atoms with E-state index in [1.54, 1.807) is 109 Å². The summed E-state index contributed by atoms with van der Waals surface area (Å²) >= 11 is 0. The summed E-state index contributed by atoms with van der Waals surface area (Å²) < 4.78 is 178. The maximum Gasteiger partial charge on any atom is 0.864 e. The Labute approximate surface area is 441 Å². The molecule has 0 N–H and O–H groups in total. The summed E-state index contributed by atoms with van der Waals surface area (Å²) in [6, 6.07) is 30.9. The van der Waals surface area contributed by atoms with Crippen LogP contribution in [0.1, 0.15) is 71.6 Å². The number of ether oxygens (including phenoxy) is 3. The van der Waals surface area contributed by atoms with Crippen molar-refractivity contribution in [3.8, 4) is 34.9 Å². The molecule has 79 heavy (non-hydrogen) atoms. The van der Waals surface area contributed by atoms with Gasteiger partial charge in [0.2, 0.25) is 17.2 Å². The second kappa shape index (κ2) is 19.4. The number of para-hydroxylation sites is 3. The van der Waals surface area contributed by atoms with E-state index in [4.69, 9.17) is 28.2 Å². The summed E-state index contributed by atoms with van der Waals surface area (Å²) in [5, 5.41) is 2.26. The molecule has 402 valence electrons. The van der Waals surface area contributed by atoms with Crippen molar-refractivity contribution >= 4 is 40.0 Å². The zero-order valence-corrected chi connectivity index (χ0v) is 41.4. The van der Waals surface area contributed by atoms with Crippen LogP contribution in [0.15, 0.2) is 109 Å². The molecule has 0 aliphatic heterocycles. The molecule has 0 spiro atoms. The van der Waals surface area contributed by atoms with Crippen LogP contribution in [0.4, 0.5) is 39.5 Å². The van der Waals surface area contributed by atoms with Gasteiger partial charge in [-0.05, 0) is 76.4 Å². The molecule has 9 aromatic rings. The molecule has 0 amide bonds. The number of aromatic nitrogens is 9. The summed E-state index contributed by atoms with van der Waals surface area (Å²) in [6.45, 7) is 3.32. The molecule has 6 aromatic heterocycles. The molecule has 3 aliphatic carbocycles. The highest BCUT2D eigenvalue weighted by atomic mass is 19.3. The van der Waals surface area contributed by atoms with E-state index >= 15 is 39.5 Å². The summed E-state index contributed by atoms with van der Waals surface area (Å²) in [4.78, 5) is 35.5. The summed E-state index contributed by atoms with van der Waals surface area (Å²) in [7, 11) is -3.04. The quantitative estimate of drug-likeness (QED) is 0.0451. The normalized spacial score (nSPS) is 19.7. The molecule has 3 fully saturated rings. The molecule has 3 saturated carbocycles. The number of aryl methyl sites for hydroxylation is 3. The zero-order valence-electron chi connectivity index (χ0n) is 41.4. The number of benzene rings is 3. The van der Waals surface area contributed by atoms with Gasteiger partial charge in [-0.2, -0.15) is 54.5 Å². The van der Waals surface area contributed by atoms with Crippen LogP contribution in [0, 0.1) is 56.4 Å². The lowest BCUT2D eigenvalue weighted by atomic mass is 10.1. The zero-order chi connectivity index (χ0) is 55.1. The molecule has 0 saturated heterocycles. The summed E-state index contributed by atoms with van der Waals surface area (Å²) in [5.74, 6) is -22.4. The first kappa shape index (κ1) is 51.1. The molecule has 15 nitrogen and oxygen atoms in total. The van der Waals surface area contributed by atoms with E-state index < -0.39 is 131 Å². The smallest absolute Gasteiger partial charge is 0.482 e. The van der Waals surface area contributed by atoms with Gasteiger partial charge in [-0.25, -0.2) is 15.0 Å². The van der Waals surface area contributed by atoms with Gasteiger partial charge in [-0.3, -0.25) is 15.0 Å². The van der Waals surface area contributed by atoms with E-state index in [2.05, 4.69) is 44.9 Å². The highest BCUT2D eigenvalue weighted by molar-refractivity contribution is 6.39. The van der Waals surface area contributed by atoms with Crippen LogP contribution in [-0.2, 0) is 0 Å². The number of nitrogens with zero attached hydrogens (tertiary/aromatic N) is 9. The molecule has 3 aliphatic rings. The van der Waals surface area contributed by atoms with E-state index in [9.17, 15) is 0 Å². The molecular formula is C54H39BF9N9O6. The fourth-order valence-electron chi connectivity index (χ4n) is 9.54. The van der Waals surface area contributed by atoms with E-state index in [1.165, 1.54) is 0 Å². The highest BCUT2D eigenvalue weighted by Gasteiger charge is 2.61. The minimum atomic E-state index is -4.17. The summed E-state index contributed by atoms with van der Waals surface area (Å²) in [6.07, 6.45) is -13.0. The average Bonchev–Trinajstić information content (AvgIpc) is 4.44. The van der Waals surface area contributed by atoms with Crippen molar-refractivity contribution in [3.05, 3.63) is 162 Å². The van der Waals surface area contributed by atoms with Crippen molar-refractivity contribution < 1.29 is 67.7 Å². The Morgan fingerprint density at radius 1 is 0.380 bits per heavy atom. The van der Waals surface area contributed by atoms with Crippen LogP contribution in [0.5, 0.6) is 34.9 Å². The number of halogens is 9. The first-order valence-corrected chi connectivity index (χ1v) is 24.7. The highest BCUT2D eigenvalue weighted by Crippen LogP contribution is 2.58. The maximum atomic E-state index is 16.3. The van der Waals surface area contributed by atoms with Crippen LogP contribution >= 0.6 is 0 Å². The van der Waals surface area contributed by atoms with Crippen molar-refractivity contribution in [1.82, 2.24) is 44.9 Å². The molecule has 3 aromatic carbocycles. The monoisotopic (exact) mass is 1090 g/mol. The number of hydrogen-bond acceptors (Lipinski definition) is 15. The van der Waals surface area contributed by atoms with Gasteiger partial charge in [0.1, 0.15) is 17.5 Å². The number of pyridine rings is 3. The molecule has 12 rings (SSSR count). The Bertz CT molecular complexity index is 3480. The third kappa shape index (κ3) is 10.4. The van der Waals surface area contributed by atoms with E-state index in [0.29, 0.717) is 33.6 Å². The van der Waals surface area contributed by atoms with Crippen LogP contribution in [-0.4, -0.2) is 70.5 Å². The van der Waals surface area contributed by atoms with Gasteiger partial charge in [0.25, 0.3) is 35.5 Å². The molecule has 6 atom stereocenters. The SMILES string of the molecule is Cc1nc(F)c(OB(Oc2c(F)nc(C)nc2OC(F)(F)[C@H]2C[C@@H]2c2ccc3ccccc3n2)Oc2c(F)nc(C)nc2OC(F)(F)[C@H]2C[C@@H]2c2ccc3ccccc3n2)c(OC(F)(F)[C@H]2C[C@@H]2c2ccc3ccccc3n2)n1. The van der Waals surface area contributed by atoms with Crippen molar-refractivity contribution in [2.75, 3.05) is 0 Å². The lowest BCUT2D eigenvalue weighted by Crippen LogP contribution is -2.40. The maximum absolute atomic E-state index is 16.3. The topological polar surface area (TPSA) is 171 Å². The molecule has 0 unspecified atom stereocenters. The number of fused-ring (bicyclic) bond motifs is 3. The van der Waals surface area contributed by atoms with Crippen molar-refractivity contribution in [2.45, 2.75) is 76.1 Å². The Balaban J connectivity index is 0.872. The molecule has 6 heterocycles. The van der Waals surface area contributed by atoms with Gasteiger partial charge >= 0.3 is 25.6 Å². The third-order valence-electron chi connectivity index (χ3n) is 13.7. The Morgan fingerprint density at radius 3 is 0.949 bits per heavy atom. The Kier molecular flexibility index (Phi) is 12.5. The van der Waals surface area contributed by atoms with E-state index in [1.807, 2.05) is 0 Å². The van der Waals surface area contributed by atoms with Gasteiger partial charge in [-0.1, -0.05) is 72.8 Å². The van der Waals surface area contributed by atoms with Gasteiger partial charge < -0.3 is 28.2 Å². The fourth-order valence-corrected chi connectivity index (χ4v) is 9.54. The number of hydrogen-bond donors (Lipinski definition) is 0. The lowest BCUT2D eigenvalue weighted by Gasteiger charge is -2.24. The molecule has 0 bridgehead atoms. The number of alkyl halides is 6. The summed E-state index contributed by atoms with van der Waals surface area (Å²) in [5.41, 5.74) is 2.52. The molecule has 25 heteroatoms. The van der Waals surface area contributed by atoms with Gasteiger partial charge in [0, 0.05) is 51.0 Å². The van der Waals surface area contributed by atoms with Crippen LogP contribution in [0.3, 0.4) is 0 Å². The number of rotatable bonds is 18. The largest absolute Gasteiger partial charge is 0.864 e. The Hall–Kier alpha value is -8.64. The van der Waals surface area contributed by atoms with E-state index in [-0.39, 0.29) is 19.3 Å². The predicted molar refractivity (Wildman–Crippen MR) is 262 cm³/mol. The van der Waals surface area contributed by atoms with Gasteiger partial charge in [-0.15, -0.1) is 0 Å². The van der Waals surface area contributed by atoms with Crippen LogP contribution in [0.2, 0.25) is 0 Å². The first-order valence-electron chi connectivity index (χ1n) is 24.7. The Morgan fingerprint density at radius 2 is 0.658 bits per heavy atom. The van der Waals surface area contributed by atoms with E-state index in [0.717, 1.165) is 36.9 Å². The second-order valence-corrected chi connectivity index (χ2v) is 19.4. The average molecular weight is 1090 g/mol. The van der Waals surface area contributed by atoms with Gasteiger partial charge in [0.15, 0.2) is 0 Å². The predicted octanol–water partition coefficient (Wildman–Crippen LogP) is 11.9. The second-order valence-electron chi connectivity index (χ2n) is 19.4. The molecule has 0 radical (unpaired) electrons. The minimum absolute atomic E-state index is 0.156. The third-order valence-corrected chi connectivity index (χ3v) is 13.7. The fraction of sp³-hybridized carbons (Fsp3) is 0.278. The minimum Gasteiger partial charge on any atom is -0.482 e. The van der Waals surface area contributed by atoms with Crippen molar-refractivity contribution in [2.24, 2.45) is 17.8 Å².